The molecule has 120 valence electrons. The molecule has 23 heavy (non-hydrogen) atoms. The first-order valence-corrected chi connectivity index (χ1v) is 7.68. The van der Waals surface area contributed by atoms with Gasteiger partial charge in [-0.25, -0.2) is 5.43 Å². The number of aryl methyl sites for hydroxylation is 1. The highest BCUT2D eigenvalue weighted by Gasteiger charge is 2.08. The number of hydrazone groups is 1. The van der Waals surface area contributed by atoms with E-state index in [9.17, 15) is 14.9 Å². The summed E-state index contributed by atoms with van der Waals surface area (Å²) >= 11 is 0.975. The third-order valence-electron chi connectivity index (χ3n) is 2.88. The third kappa shape index (κ3) is 5.19. The van der Waals surface area contributed by atoms with Crippen LogP contribution in [0.2, 0.25) is 0 Å². The Kier molecular flexibility index (Phi) is 5.81. The first-order valence-electron chi connectivity index (χ1n) is 6.86. The van der Waals surface area contributed by atoms with E-state index in [4.69, 9.17) is 4.74 Å². The van der Waals surface area contributed by atoms with Crippen molar-refractivity contribution in [2.45, 2.75) is 13.3 Å². The molecular weight excluding hydrogens is 318 g/mol. The minimum atomic E-state index is -0.474. The lowest BCUT2D eigenvalue weighted by Gasteiger charge is -2.05. The number of nitrogens with zero attached hydrogens (tertiary/aromatic N) is 2. The molecule has 0 fully saturated rings. The Morgan fingerprint density at radius 2 is 2.09 bits per heavy atom. The maximum Gasteiger partial charge on any atom is 0.324 e. The van der Waals surface area contributed by atoms with Crippen molar-refractivity contribution >= 4 is 28.5 Å². The Labute approximate surface area is 136 Å². The maximum absolute atomic E-state index is 11.6. The molecule has 8 heteroatoms. The summed E-state index contributed by atoms with van der Waals surface area (Å²) in [5.74, 6) is 0.196. The molecule has 0 atom stereocenters. The number of hydrogen-bond acceptors (Lipinski definition) is 6. The SMILES string of the molecule is CCc1ccc(OCC(=O)NN=Cc2ccc([N+](=O)[O-])s2)cc1. The van der Waals surface area contributed by atoms with Crippen molar-refractivity contribution in [3.63, 3.8) is 0 Å². The van der Waals surface area contributed by atoms with E-state index in [1.165, 1.54) is 17.8 Å². The van der Waals surface area contributed by atoms with Gasteiger partial charge in [-0.3, -0.25) is 14.9 Å². The fourth-order valence-corrected chi connectivity index (χ4v) is 2.37. The summed E-state index contributed by atoms with van der Waals surface area (Å²) in [6.07, 6.45) is 2.29. The predicted molar refractivity (Wildman–Crippen MR) is 88.0 cm³/mol. The van der Waals surface area contributed by atoms with E-state index >= 15 is 0 Å². The molecular formula is C15H15N3O4S. The minimum absolute atomic E-state index is 0.0247. The molecule has 1 heterocycles. The summed E-state index contributed by atoms with van der Waals surface area (Å²) in [7, 11) is 0. The van der Waals surface area contributed by atoms with Crippen LogP contribution in [0.5, 0.6) is 5.75 Å². The average Bonchev–Trinajstić information content (AvgIpc) is 3.02. The van der Waals surface area contributed by atoms with Gasteiger partial charge in [0.2, 0.25) is 0 Å². The van der Waals surface area contributed by atoms with Gasteiger partial charge in [0.15, 0.2) is 6.61 Å². The van der Waals surface area contributed by atoms with Crippen LogP contribution in [0, 0.1) is 10.1 Å². The molecule has 2 rings (SSSR count). The van der Waals surface area contributed by atoms with Crippen LogP contribution in [0.25, 0.3) is 0 Å². The number of carbonyl (C=O) groups is 1. The van der Waals surface area contributed by atoms with Crippen LogP contribution in [-0.4, -0.2) is 23.7 Å². The summed E-state index contributed by atoms with van der Waals surface area (Å²) in [5, 5.41) is 14.3. The Balaban J connectivity index is 1.77. The van der Waals surface area contributed by atoms with Crippen molar-refractivity contribution in [1.82, 2.24) is 5.43 Å². The van der Waals surface area contributed by atoms with E-state index < -0.39 is 10.8 Å². The van der Waals surface area contributed by atoms with Gasteiger partial charge in [0.1, 0.15) is 5.75 Å². The fraction of sp³-hybridized carbons (Fsp3) is 0.200. The van der Waals surface area contributed by atoms with Crippen molar-refractivity contribution in [3.05, 3.63) is 57.0 Å². The Bertz CT molecular complexity index is 710. The molecule has 0 radical (unpaired) electrons. The zero-order chi connectivity index (χ0) is 16.7. The Hall–Kier alpha value is -2.74. The van der Waals surface area contributed by atoms with E-state index in [1.54, 1.807) is 18.2 Å². The number of hydrogen-bond donors (Lipinski definition) is 1. The summed E-state index contributed by atoms with van der Waals surface area (Å²) in [5.41, 5.74) is 3.50. The number of ether oxygens (including phenoxy) is 1. The van der Waals surface area contributed by atoms with E-state index in [1.807, 2.05) is 12.1 Å². The number of thiophene rings is 1. The predicted octanol–water partition coefficient (Wildman–Crippen LogP) is 2.75. The van der Waals surface area contributed by atoms with Crippen molar-refractivity contribution in [2.75, 3.05) is 6.61 Å². The van der Waals surface area contributed by atoms with E-state index in [-0.39, 0.29) is 11.6 Å². The molecule has 0 saturated heterocycles. The molecule has 1 aromatic heterocycles. The third-order valence-corrected chi connectivity index (χ3v) is 3.85. The largest absolute Gasteiger partial charge is 0.484 e. The molecule has 0 saturated carbocycles. The second-order valence-electron chi connectivity index (χ2n) is 4.51. The highest BCUT2D eigenvalue weighted by molar-refractivity contribution is 7.16. The standard InChI is InChI=1S/C15H15N3O4S/c1-2-11-3-5-12(6-4-11)22-10-14(19)17-16-9-13-7-8-15(23-13)18(20)21/h3-9H,2,10H2,1H3,(H,17,19). The fourth-order valence-electron chi connectivity index (χ4n) is 1.68. The molecule has 0 unspecified atom stereocenters. The van der Waals surface area contributed by atoms with Gasteiger partial charge in [-0.1, -0.05) is 30.4 Å². The molecule has 7 nitrogen and oxygen atoms in total. The summed E-state index contributed by atoms with van der Waals surface area (Å²) in [6, 6.07) is 10.4. The molecule has 1 N–H and O–H groups in total. The van der Waals surface area contributed by atoms with Crippen LogP contribution in [0.1, 0.15) is 17.4 Å². The Morgan fingerprint density at radius 3 is 2.70 bits per heavy atom. The molecule has 1 amide bonds. The number of benzene rings is 1. The highest BCUT2D eigenvalue weighted by Crippen LogP contribution is 2.22. The maximum atomic E-state index is 11.6. The van der Waals surface area contributed by atoms with Gasteiger partial charge in [-0.15, -0.1) is 0 Å². The minimum Gasteiger partial charge on any atom is -0.484 e. The van der Waals surface area contributed by atoms with E-state index in [2.05, 4.69) is 17.5 Å². The highest BCUT2D eigenvalue weighted by atomic mass is 32.1. The lowest BCUT2D eigenvalue weighted by Crippen LogP contribution is -2.24. The van der Waals surface area contributed by atoms with Crippen molar-refractivity contribution < 1.29 is 14.5 Å². The number of nitro groups is 1. The first-order chi connectivity index (χ1) is 11.1. The van der Waals surface area contributed by atoms with Crippen LogP contribution in [-0.2, 0) is 11.2 Å². The average molecular weight is 333 g/mol. The van der Waals surface area contributed by atoms with Crippen molar-refractivity contribution in [2.24, 2.45) is 5.10 Å². The van der Waals surface area contributed by atoms with Crippen LogP contribution in [0.4, 0.5) is 5.00 Å². The topological polar surface area (TPSA) is 93.8 Å². The summed E-state index contributed by atoms with van der Waals surface area (Å²) in [4.78, 5) is 22.2. The van der Waals surface area contributed by atoms with Gasteiger partial charge < -0.3 is 4.74 Å². The van der Waals surface area contributed by atoms with E-state index in [0.29, 0.717) is 10.6 Å². The second kappa shape index (κ2) is 8.04. The molecule has 0 aliphatic rings. The molecule has 2 aromatic rings. The number of amides is 1. The number of nitrogens with one attached hydrogen (secondary N) is 1. The van der Waals surface area contributed by atoms with Gasteiger partial charge in [0.05, 0.1) is 16.0 Å². The zero-order valence-electron chi connectivity index (χ0n) is 12.4. The molecule has 0 aliphatic carbocycles. The van der Waals surface area contributed by atoms with Crippen LogP contribution in [0.3, 0.4) is 0 Å². The van der Waals surface area contributed by atoms with Crippen molar-refractivity contribution in [3.8, 4) is 5.75 Å². The second-order valence-corrected chi connectivity index (χ2v) is 5.61. The summed E-state index contributed by atoms with van der Waals surface area (Å²) < 4.78 is 5.33. The van der Waals surface area contributed by atoms with Crippen molar-refractivity contribution in [1.29, 1.82) is 0 Å². The van der Waals surface area contributed by atoms with Gasteiger partial charge >= 0.3 is 5.00 Å². The molecule has 0 spiro atoms. The van der Waals surface area contributed by atoms with Crippen LogP contribution in [0.15, 0.2) is 41.5 Å². The van der Waals surface area contributed by atoms with E-state index in [0.717, 1.165) is 17.8 Å². The van der Waals surface area contributed by atoms with Gasteiger partial charge in [-0.2, -0.15) is 5.10 Å². The van der Waals surface area contributed by atoms with Gasteiger partial charge in [0, 0.05) is 6.07 Å². The Morgan fingerprint density at radius 1 is 1.35 bits per heavy atom. The van der Waals surface area contributed by atoms with Crippen LogP contribution >= 0.6 is 11.3 Å². The molecule has 0 aliphatic heterocycles. The van der Waals surface area contributed by atoms with Gasteiger partial charge in [-0.05, 0) is 30.2 Å². The summed E-state index contributed by atoms with van der Waals surface area (Å²) in [6.45, 7) is 1.90. The zero-order valence-corrected chi connectivity index (χ0v) is 13.2. The number of carbonyl (C=O) groups excluding carboxylic acids is 1. The molecule has 1 aromatic carbocycles. The quantitative estimate of drug-likeness (QED) is 0.479. The monoisotopic (exact) mass is 333 g/mol. The molecule has 0 bridgehead atoms. The lowest BCUT2D eigenvalue weighted by atomic mass is 10.2. The lowest BCUT2D eigenvalue weighted by molar-refractivity contribution is -0.380. The van der Waals surface area contributed by atoms with Crippen LogP contribution < -0.4 is 10.2 Å². The number of rotatable bonds is 7. The smallest absolute Gasteiger partial charge is 0.324 e. The van der Waals surface area contributed by atoms with Gasteiger partial charge in [0.25, 0.3) is 5.91 Å². The normalized spacial score (nSPS) is 10.7. The first kappa shape index (κ1) is 16.6.